The second-order valence-corrected chi connectivity index (χ2v) is 3.57. The first-order valence-corrected chi connectivity index (χ1v) is 5.14. The lowest BCUT2D eigenvalue weighted by Crippen LogP contribution is -2.26. The summed E-state index contributed by atoms with van der Waals surface area (Å²) in [4.78, 5) is 11.6. The van der Waals surface area contributed by atoms with Gasteiger partial charge in [-0.25, -0.2) is 0 Å². The lowest BCUT2D eigenvalue weighted by atomic mass is 10.2. The molecule has 1 amide bonds. The number of phenols is 2. The molecule has 0 fully saturated rings. The Hall–Kier alpha value is -1.46. The van der Waals surface area contributed by atoms with E-state index in [-0.39, 0.29) is 16.3 Å². The van der Waals surface area contributed by atoms with Gasteiger partial charge >= 0.3 is 0 Å². The van der Waals surface area contributed by atoms with E-state index in [0.29, 0.717) is 19.5 Å². The highest BCUT2D eigenvalue weighted by Crippen LogP contribution is 2.35. The fraction of sp³-hybridized carbons (Fsp3) is 0.300. The Labute approximate surface area is 97.8 Å². The SMILES string of the molecule is NCCCNC(=O)c1ccc(O)c(O)c1Cl. The molecule has 0 heterocycles. The lowest BCUT2D eigenvalue weighted by molar-refractivity contribution is 0.0953. The predicted molar refractivity (Wildman–Crippen MR) is 60.8 cm³/mol. The van der Waals surface area contributed by atoms with Gasteiger partial charge in [0, 0.05) is 6.54 Å². The third-order valence-electron chi connectivity index (χ3n) is 2.01. The molecule has 0 aliphatic rings. The van der Waals surface area contributed by atoms with Crippen LogP contribution in [-0.2, 0) is 0 Å². The van der Waals surface area contributed by atoms with Gasteiger partial charge in [0.05, 0.1) is 10.6 Å². The van der Waals surface area contributed by atoms with Crippen molar-refractivity contribution >= 4 is 17.5 Å². The highest BCUT2D eigenvalue weighted by atomic mass is 35.5. The van der Waals surface area contributed by atoms with E-state index in [0.717, 1.165) is 0 Å². The average Bonchev–Trinajstić information content (AvgIpc) is 2.26. The number of nitrogens with one attached hydrogen (secondary N) is 1. The maximum Gasteiger partial charge on any atom is 0.252 e. The van der Waals surface area contributed by atoms with Crippen molar-refractivity contribution in [3.8, 4) is 11.5 Å². The van der Waals surface area contributed by atoms with Crippen molar-refractivity contribution in [1.29, 1.82) is 0 Å². The summed E-state index contributed by atoms with van der Waals surface area (Å²) in [5, 5.41) is 20.9. The van der Waals surface area contributed by atoms with Gasteiger partial charge in [0.1, 0.15) is 0 Å². The second kappa shape index (κ2) is 5.58. The van der Waals surface area contributed by atoms with Gasteiger partial charge in [-0.15, -0.1) is 0 Å². The molecule has 0 aromatic heterocycles. The average molecular weight is 245 g/mol. The summed E-state index contributed by atoms with van der Waals surface area (Å²) in [5.41, 5.74) is 5.40. The second-order valence-electron chi connectivity index (χ2n) is 3.19. The highest BCUT2D eigenvalue weighted by molar-refractivity contribution is 6.35. The number of carbonyl (C=O) groups is 1. The van der Waals surface area contributed by atoms with Crippen molar-refractivity contribution in [2.75, 3.05) is 13.1 Å². The number of benzene rings is 1. The number of hydrogen-bond acceptors (Lipinski definition) is 4. The molecule has 88 valence electrons. The van der Waals surface area contributed by atoms with E-state index in [9.17, 15) is 9.90 Å². The van der Waals surface area contributed by atoms with E-state index in [1.807, 2.05) is 0 Å². The van der Waals surface area contributed by atoms with E-state index in [4.69, 9.17) is 22.4 Å². The number of amides is 1. The molecule has 0 saturated heterocycles. The Balaban J connectivity index is 2.80. The molecule has 0 aliphatic carbocycles. The molecule has 0 spiro atoms. The number of hydrogen-bond donors (Lipinski definition) is 4. The summed E-state index contributed by atoms with van der Waals surface area (Å²) < 4.78 is 0. The molecule has 5 N–H and O–H groups in total. The van der Waals surface area contributed by atoms with Gasteiger partial charge in [-0.05, 0) is 25.1 Å². The van der Waals surface area contributed by atoms with E-state index >= 15 is 0 Å². The molecule has 5 nitrogen and oxygen atoms in total. The van der Waals surface area contributed by atoms with E-state index < -0.39 is 11.7 Å². The maximum atomic E-state index is 11.6. The summed E-state index contributed by atoms with van der Waals surface area (Å²) in [6, 6.07) is 2.55. The van der Waals surface area contributed by atoms with Crippen molar-refractivity contribution in [1.82, 2.24) is 5.32 Å². The summed E-state index contributed by atoms with van der Waals surface area (Å²) in [6.07, 6.45) is 0.660. The van der Waals surface area contributed by atoms with Crippen molar-refractivity contribution in [2.24, 2.45) is 5.73 Å². The number of carbonyl (C=O) groups excluding carboxylic acids is 1. The molecule has 6 heteroatoms. The minimum Gasteiger partial charge on any atom is -0.504 e. The predicted octanol–water partition coefficient (Wildman–Crippen LogP) is 0.830. The number of halogens is 1. The quantitative estimate of drug-likeness (QED) is 0.466. The van der Waals surface area contributed by atoms with Crippen molar-refractivity contribution in [3.63, 3.8) is 0 Å². The van der Waals surface area contributed by atoms with Gasteiger partial charge in [0.15, 0.2) is 11.5 Å². The number of phenolic OH excluding ortho intramolecular Hbond substituents is 2. The zero-order chi connectivity index (χ0) is 12.1. The van der Waals surface area contributed by atoms with Crippen LogP contribution in [0.2, 0.25) is 5.02 Å². The molecule has 0 unspecified atom stereocenters. The van der Waals surface area contributed by atoms with Gasteiger partial charge in [-0.3, -0.25) is 4.79 Å². The summed E-state index contributed by atoms with van der Waals surface area (Å²) in [7, 11) is 0. The number of rotatable bonds is 4. The van der Waals surface area contributed by atoms with Gasteiger partial charge in [0.25, 0.3) is 5.91 Å². The van der Waals surface area contributed by atoms with E-state index in [1.54, 1.807) is 0 Å². The van der Waals surface area contributed by atoms with Crippen LogP contribution in [0.3, 0.4) is 0 Å². The molecule has 0 aliphatic heterocycles. The third kappa shape index (κ3) is 2.77. The van der Waals surface area contributed by atoms with Gasteiger partial charge < -0.3 is 21.3 Å². The molecular formula is C10H13ClN2O3. The van der Waals surface area contributed by atoms with Crippen molar-refractivity contribution < 1.29 is 15.0 Å². The van der Waals surface area contributed by atoms with E-state index in [2.05, 4.69) is 5.32 Å². The fourth-order valence-corrected chi connectivity index (χ4v) is 1.37. The Morgan fingerprint density at radius 2 is 2.12 bits per heavy atom. The monoisotopic (exact) mass is 244 g/mol. The highest BCUT2D eigenvalue weighted by Gasteiger charge is 2.15. The van der Waals surface area contributed by atoms with Gasteiger partial charge in [0.2, 0.25) is 0 Å². The van der Waals surface area contributed by atoms with Gasteiger partial charge in [-0.1, -0.05) is 11.6 Å². The molecule has 1 aromatic carbocycles. The molecule has 0 atom stereocenters. The van der Waals surface area contributed by atoms with Crippen LogP contribution in [0.1, 0.15) is 16.8 Å². The Bertz CT molecular complexity index is 396. The van der Waals surface area contributed by atoms with Crippen LogP contribution in [0.4, 0.5) is 0 Å². The minimum atomic E-state index is -0.492. The summed E-state index contributed by atoms with van der Waals surface area (Å²) >= 11 is 5.71. The van der Waals surface area contributed by atoms with Crippen LogP contribution in [0.15, 0.2) is 12.1 Å². The van der Waals surface area contributed by atoms with Crippen LogP contribution in [0.25, 0.3) is 0 Å². The standard InChI is InChI=1S/C10H13ClN2O3/c11-8-6(2-3-7(14)9(8)15)10(16)13-5-1-4-12/h2-3,14-15H,1,4-5,12H2,(H,13,16). The first kappa shape index (κ1) is 12.6. The maximum absolute atomic E-state index is 11.6. The van der Waals surface area contributed by atoms with Crippen LogP contribution in [-0.4, -0.2) is 29.2 Å². The largest absolute Gasteiger partial charge is 0.504 e. The topological polar surface area (TPSA) is 95.6 Å². The zero-order valence-electron chi connectivity index (χ0n) is 8.53. The fourth-order valence-electron chi connectivity index (χ4n) is 1.13. The molecule has 16 heavy (non-hydrogen) atoms. The molecule has 0 bridgehead atoms. The molecule has 0 saturated carbocycles. The minimum absolute atomic E-state index is 0.119. The summed E-state index contributed by atoms with van der Waals surface area (Å²) in [5.74, 6) is -1.26. The van der Waals surface area contributed by atoms with E-state index in [1.165, 1.54) is 12.1 Å². The number of aromatic hydroxyl groups is 2. The Morgan fingerprint density at radius 3 is 2.75 bits per heavy atom. The first-order chi connectivity index (χ1) is 7.57. The third-order valence-corrected chi connectivity index (χ3v) is 2.39. The smallest absolute Gasteiger partial charge is 0.252 e. The molecular weight excluding hydrogens is 232 g/mol. The van der Waals surface area contributed by atoms with Gasteiger partial charge in [-0.2, -0.15) is 0 Å². The van der Waals surface area contributed by atoms with Crippen molar-refractivity contribution in [3.05, 3.63) is 22.7 Å². The molecule has 1 rings (SSSR count). The van der Waals surface area contributed by atoms with Crippen molar-refractivity contribution in [2.45, 2.75) is 6.42 Å². The van der Waals surface area contributed by atoms with Crippen LogP contribution >= 0.6 is 11.6 Å². The zero-order valence-corrected chi connectivity index (χ0v) is 9.29. The normalized spacial score (nSPS) is 10.1. The Kier molecular flexibility index (Phi) is 4.39. The Morgan fingerprint density at radius 1 is 1.44 bits per heavy atom. The molecule has 1 aromatic rings. The van der Waals surface area contributed by atoms with Crippen LogP contribution in [0.5, 0.6) is 11.5 Å². The lowest BCUT2D eigenvalue weighted by Gasteiger charge is -2.07. The first-order valence-electron chi connectivity index (χ1n) is 4.76. The summed E-state index contributed by atoms with van der Waals surface area (Å²) in [6.45, 7) is 0.919. The van der Waals surface area contributed by atoms with Crippen LogP contribution < -0.4 is 11.1 Å². The number of nitrogens with two attached hydrogens (primary N) is 1. The van der Waals surface area contributed by atoms with Crippen LogP contribution in [0, 0.1) is 0 Å². The molecule has 0 radical (unpaired) electrons.